The molecule has 31 heavy (non-hydrogen) atoms. The largest absolute Gasteiger partial charge is 0.378 e. The summed E-state index contributed by atoms with van der Waals surface area (Å²) in [7, 11) is -4.20. The zero-order valence-electron chi connectivity index (χ0n) is 17.0. The second-order valence-corrected chi connectivity index (χ2v) is 9.15. The molecule has 0 spiro atoms. The van der Waals surface area contributed by atoms with Crippen LogP contribution in [0, 0.1) is 11.6 Å². The van der Waals surface area contributed by atoms with Crippen molar-refractivity contribution in [2.75, 3.05) is 34.9 Å². The number of benzene rings is 2. The van der Waals surface area contributed by atoms with Crippen molar-refractivity contribution < 1.29 is 21.9 Å². The molecule has 2 aromatic carbocycles. The Morgan fingerprint density at radius 3 is 2.29 bits per heavy atom. The standard InChI is InChI=1S/C21H25F2N3O3S.ClH/c22-17-8-5-9-18(23)21(17)26-20-11-4-3-10-19(20)25(30(26,27)28)13-15-29-14-12-24-16-6-1-2-7-16;/h3-5,8-11,16,24H,1-2,6-7,12-15H2;1H. The van der Waals surface area contributed by atoms with Crippen LogP contribution in [0.15, 0.2) is 42.5 Å². The van der Waals surface area contributed by atoms with Crippen LogP contribution in [0.5, 0.6) is 0 Å². The van der Waals surface area contributed by atoms with Crippen LogP contribution < -0.4 is 13.9 Å². The van der Waals surface area contributed by atoms with Gasteiger partial charge in [-0.25, -0.2) is 17.4 Å². The summed E-state index contributed by atoms with van der Waals surface area (Å²) < 4.78 is 62.7. The van der Waals surface area contributed by atoms with E-state index >= 15 is 0 Å². The molecule has 0 radical (unpaired) electrons. The first kappa shape index (κ1) is 23.7. The molecule has 1 aliphatic heterocycles. The minimum Gasteiger partial charge on any atom is -0.378 e. The molecule has 1 N–H and O–H groups in total. The number of nitrogens with zero attached hydrogens (tertiary/aromatic N) is 2. The molecule has 0 aromatic heterocycles. The van der Waals surface area contributed by atoms with Crippen LogP contribution >= 0.6 is 12.4 Å². The number of fused-ring (bicyclic) bond motifs is 1. The maximum atomic E-state index is 14.4. The molecule has 6 nitrogen and oxygen atoms in total. The first-order valence-electron chi connectivity index (χ1n) is 10.2. The fourth-order valence-electron chi connectivity index (χ4n) is 4.06. The normalized spacial score (nSPS) is 17.6. The lowest BCUT2D eigenvalue weighted by molar-refractivity contribution is 0.141. The fourth-order valence-corrected chi connectivity index (χ4v) is 5.78. The van der Waals surface area contributed by atoms with E-state index in [0.717, 1.165) is 20.7 Å². The van der Waals surface area contributed by atoms with Gasteiger partial charge in [0.25, 0.3) is 0 Å². The zero-order valence-corrected chi connectivity index (χ0v) is 18.6. The molecular weight excluding hydrogens is 448 g/mol. The molecule has 2 aromatic rings. The number of rotatable bonds is 8. The van der Waals surface area contributed by atoms with Crippen molar-refractivity contribution in [2.24, 2.45) is 0 Å². The first-order chi connectivity index (χ1) is 14.5. The van der Waals surface area contributed by atoms with Gasteiger partial charge in [-0.15, -0.1) is 12.4 Å². The summed E-state index contributed by atoms with van der Waals surface area (Å²) in [5, 5.41) is 3.43. The van der Waals surface area contributed by atoms with Gasteiger partial charge in [0.2, 0.25) is 0 Å². The molecule has 0 saturated heterocycles. The highest BCUT2D eigenvalue weighted by molar-refractivity contribution is 7.95. The van der Waals surface area contributed by atoms with Gasteiger partial charge in [-0.3, -0.25) is 0 Å². The zero-order chi connectivity index (χ0) is 21.1. The summed E-state index contributed by atoms with van der Waals surface area (Å²) in [6.07, 6.45) is 4.88. The van der Waals surface area contributed by atoms with Crippen molar-refractivity contribution in [1.29, 1.82) is 0 Å². The van der Waals surface area contributed by atoms with Crippen molar-refractivity contribution in [1.82, 2.24) is 5.32 Å². The van der Waals surface area contributed by atoms with E-state index in [1.807, 2.05) is 0 Å². The third-order valence-corrected chi connectivity index (χ3v) is 7.27. The lowest BCUT2D eigenvalue weighted by Crippen LogP contribution is -2.38. The second-order valence-electron chi connectivity index (χ2n) is 7.45. The molecular formula is C21H26ClF2N3O3S. The number of ether oxygens (including phenoxy) is 1. The molecule has 2 aliphatic rings. The summed E-state index contributed by atoms with van der Waals surface area (Å²) in [6.45, 7) is 1.40. The highest BCUT2D eigenvalue weighted by Crippen LogP contribution is 2.46. The molecule has 0 bridgehead atoms. The number of hydrogen-bond acceptors (Lipinski definition) is 4. The van der Waals surface area contributed by atoms with E-state index in [-0.39, 0.29) is 31.2 Å². The van der Waals surface area contributed by atoms with E-state index in [2.05, 4.69) is 5.32 Å². The second kappa shape index (κ2) is 10.1. The maximum Gasteiger partial charge on any atom is 0.331 e. The molecule has 0 unspecified atom stereocenters. The van der Waals surface area contributed by atoms with Gasteiger partial charge in [0, 0.05) is 12.6 Å². The molecule has 170 valence electrons. The van der Waals surface area contributed by atoms with Crippen molar-refractivity contribution >= 4 is 39.7 Å². The van der Waals surface area contributed by atoms with Gasteiger partial charge >= 0.3 is 10.2 Å². The highest BCUT2D eigenvalue weighted by Gasteiger charge is 2.43. The van der Waals surface area contributed by atoms with Gasteiger partial charge < -0.3 is 10.1 Å². The Labute approximate surface area is 187 Å². The summed E-state index contributed by atoms with van der Waals surface area (Å²) in [6, 6.07) is 10.3. The Morgan fingerprint density at radius 2 is 1.61 bits per heavy atom. The van der Waals surface area contributed by atoms with Crippen LogP contribution in [0.1, 0.15) is 25.7 Å². The summed E-state index contributed by atoms with van der Waals surface area (Å²) in [5.41, 5.74) is -0.0219. The Morgan fingerprint density at radius 1 is 0.968 bits per heavy atom. The smallest absolute Gasteiger partial charge is 0.331 e. The van der Waals surface area contributed by atoms with Gasteiger partial charge in [-0.2, -0.15) is 8.42 Å². The average Bonchev–Trinajstić information content (AvgIpc) is 3.30. The van der Waals surface area contributed by atoms with Crippen molar-refractivity contribution in [3.05, 3.63) is 54.1 Å². The predicted octanol–water partition coefficient (Wildman–Crippen LogP) is 4.14. The Hall–Kier alpha value is -1.94. The number of para-hydroxylation sites is 3. The van der Waals surface area contributed by atoms with Gasteiger partial charge in [0.15, 0.2) is 11.6 Å². The predicted molar refractivity (Wildman–Crippen MR) is 120 cm³/mol. The van der Waals surface area contributed by atoms with Crippen LogP contribution in [0.2, 0.25) is 0 Å². The van der Waals surface area contributed by atoms with E-state index < -0.39 is 27.5 Å². The lowest BCUT2D eigenvalue weighted by Gasteiger charge is -2.22. The first-order valence-corrected chi connectivity index (χ1v) is 11.6. The van der Waals surface area contributed by atoms with Crippen molar-refractivity contribution in [3.8, 4) is 0 Å². The number of nitrogens with one attached hydrogen (secondary N) is 1. The van der Waals surface area contributed by atoms with E-state index in [4.69, 9.17) is 4.74 Å². The third-order valence-electron chi connectivity index (χ3n) is 5.49. The summed E-state index contributed by atoms with van der Waals surface area (Å²) in [5.74, 6) is -1.88. The molecule has 10 heteroatoms. The number of hydrogen-bond donors (Lipinski definition) is 1. The average molecular weight is 474 g/mol. The van der Waals surface area contributed by atoms with Crippen LogP contribution in [0.25, 0.3) is 0 Å². The monoisotopic (exact) mass is 473 g/mol. The van der Waals surface area contributed by atoms with Crippen LogP contribution in [-0.2, 0) is 14.9 Å². The topological polar surface area (TPSA) is 61.9 Å². The van der Waals surface area contributed by atoms with E-state index in [1.54, 1.807) is 18.2 Å². The minimum atomic E-state index is -4.20. The third kappa shape index (κ3) is 4.79. The molecule has 1 saturated carbocycles. The van der Waals surface area contributed by atoms with Crippen LogP contribution in [-0.4, -0.2) is 40.8 Å². The minimum absolute atomic E-state index is 0. The SMILES string of the molecule is Cl.O=S1(=O)N(CCOCCNC2CCCC2)c2ccccc2N1c1c(F)cccc1F. The lowest BCUT2D eigenvalue weighted by atomic mass is 10.2. The highest BCUT2D eigenvalue weighted by atomic mass is 35.5. The Balaban J connectivity index is 0.00000272. The molecule has 1 heterocycles. The maximum absolute atomic E-state index is 14.4. The van der Waals surface area contributed by atoms with Gasteiger partial charge in [0.05, 0.1) is 31.1 Å². The number of halogens is 3. The Kier molecular flexibility index (Phi) is 7.74. The van der Waals surface area contributed by atoms with Crippen molar-refractivity contribution in [2.45, 2.75) is 31.7 Å². The van der Waals surface area contributed by atoms with Crippen LogP contribution in [0.4, 0.5) is 25.8 Å². The summed E-state index contributed by atoms with van der Waals surface area (Å²) in [4.78, 5) is 0. The van der Waals surface area contributed by atoms with E-state index in [0.29, 0.717) is 24.9 Å². The fraction of sp³-hybridized carbons (Fsp3) is 0.429. The molecule has 1 aliphatic carbocycles. The van der Waals surface area contributed by atoms with Gasteiger partial charge in [0.1, 0.15) is 5.69 Å². The van der Waals surface area contributed by atoms with E-state index in [9.17, 15) is 17.2 Å². The quantitative estimate of drug-likeness (QED) is 0.585. The number of anilines is 3. The van der Waals surface area contributed by atoms with Gasteiger partial charge in [-0.1, -0.05) is 31.0 Å². The molecule has 4 rings (SSSR count). The summed E-state index contributed by atoms with van der Waals surface area (Å²) >= 11 is 0. The molecule has 0 amide bonds. The van der Waals surface area contributed by atoms with Gasteiger partial charge in [-0.05, 0) is 37.1 Å². The van der Waals surface area contributed by atoms with E-state index in [1.165, 1.54) is 37.8 Å². The van der Waals surface area contributed by atoms with Crippen molar-refractivity contribution in [3.63, 3.8) is 0 Å². The Bertz CT molecular complexity index is 983. The molecule has 0 atom stereocenters. The van der Waals surface area contributed by atoms with Crippen LogP contribution in [0.3, 0.4) is 0 Å². The molecule has 1 fully saturated rings.